The van der Waals surface area contributed by atoms with Crippen LogP contribution in [0.15, 0.2) is 17.2 Å². The van der Waals surface area contributed by atoms with Gasteiger partial charge in [-0.3, -0.25) is 0 Å². The maximum Gasteiger partial charge on any atom is 0.244 e. The normalized spacial score (nSPS) is 18.1. The third-order valence-electron chi connectivity index (χ3n) is 3.38. The van der Waals surface area contributed by atoms with E-state index in [2.05, 4.69) is 4.98 Å². The Morgan fingerprint density at radius 3 is 2.65 bits per heavy atom. The van der Waals surface area contributed by atoms with Crippen molar-refractivity contribution in [3.63, 3.8) is 0 Å². The first kappa shape index (κ1) is 12.9. The highest BCUT2D eigenvalue weighted by Gasteiger charge is 2.30. The van der Waals surface area contributed by atoms with Crippen LogP contribution in [0.25, 0.3) is 0 Å². The van der Waals surface area contributed by atoms with Gasteiger partial charge in [0.05, 0.1) is 10.8 Å². The lowest BCUT2D eigenvalue weighted by Crippen LogP contribution is -2.34. The standard InChI is InChI=1S/C11H17ClN2O2S/c1-14(10-4-2-3-5-10)17(15,16)11-6-9(7-12)13-8-11/h6,8,10,13H,2-5,7H2,1H3. The molecule has 1 heterocycles. The third-order valence-corrected chi connectivity index (χ3v) is 5.55. The second-order valence-electron chi connectivity index (χ2n) is 4.45. The molecule has 0 saturated heterocycles. The molecule has 1 saturated carbocycles. The smallest absolute Gasteiger partial charge is 0.244 e. The van der Waals surface area contributed by atoms with Gasteiger partial charge in [0.1, 0.15) is 0 Å². The second kappa shape index (κ2) is 5.00. The molecule has 1 N–H and O–H groups in total. The molecule has 1 aliphatic carbocycles. The van der Waals surface area contributed by atoms with Crippen LogP contribution < -0.4 is 0 Å². The highest BCUT2D eigenvalue weighted by Crippen LogP contribution is 2.27. The van der Waals surface area contributed by atoms with Gasteiger partial charge in [-0.2, -0.15) is 4.31 Å². The van der Waals surface area contributed by atoms with E-state index in [-0.39, 0.29) is 6.04 Å². The summed E-state index contributed by atoms with van der Waals surface area (Å²) in [5.41, 5.74) is 0.727. The minimum atomic E-state index is -3.37. The minimum Gasteiger partial charge on any atom is -0.363 e. The van der Waals surface area contributed by atoms with Gasteiger partial charge in [-0.1, -0.05) is 12.8 Å². The van der Waals surface area contributed by atoms with Crippen molar-refractivity contribution < 1.29 is 8.42 Å². The molecule has 0 amide bonds. The summed E-state index contributed by atoms with van der Waals surface area (Å²) in [5.74, 6) is 0.294. The number of alkyl halides is 1. The van der Waals surface area contributed by atoms with E-state index in [0.29, 0.717) is 10.8 Å². The zero-order valence-corrected chi connectivity index (χ0v) is 11.4. The highest BCUT2D eigenvalue weighted by atomic mass is 35.5. The highest BCUT2D eigenvalue weighted by molar-refractivity contribution is 7.89. The molecule has 0 spiro atoms. The molecule has 17 heavy (non-hydrogen) atoms. The molecule has 0 bridgehead atoms. The Hall–Kier alpha value is -0.520. The molecule has 4 nitrogen and oxygen atoms in total. The van der Waals surface area contributed by atoms with E-state index in [4.69, 9.17) is 11.6 Å². The van der Waals surface area contributed by atoms with Gasteiger partial charge >= 0.3 is 0 Å². The quantitative estimate of drug-likeness (QED) is 0.858. The van der Waals surface area contributed by atoms with Crippen LogP contribution in [0.1, 0.15) is 31.4 Å². The predicted octanol–water partition coefficient (Wildman–Crippen LogP) is 2.32. The maximum absolute atomic E-state index is 12.3. The van der Waals surface area contributed by atoms with Crippen LogP contribution in [-0.2, 0) is 15.9 Å². The number of H-pyrrole nitrogens is 1. The second-order valence-corrected chi connectivity index (χ2v) is 6.72. The molecule has 1 fully saturated rings. The number of sulfonamides is 1. The number of aromatic nitrogens is 1. The largest absolute Gasteiger partial charge is 0.363 e. The van der Waals surface area contributed by atoms with Crippen molar-refractivity contribution in [3.05, 3.63) is 18.0 Å². The van der Waals surface area contributed by atoms with Crippen molar-refractivity contribution in [1.29, 1.82) is 0 Å². The zero-order chi connectivity index (χ0) is 12.5. The average molecular weight is 277 g/mol. The van der Waals surface area contributed by atoms with Crippen molar-refractivity contribution >= 4 is 21.6 Å². The Morgan fingerprint density at radius 2 is 2.12 bits per heavy atom. The SMILES string of the molecule is CN(C1CCCC1)S(=O)(=O)c1c[nH]c(CCl)c1. The van der Waals surface area contributed by atoms with Crippen molar-refractivity contribution in [2.45, 2.75) is 42.5 Å². The van der Waals surface area contributed by atoms with Crippen LogP contribution in [0.2, 0.25) is 0 Å². The number of halogens is 1. The molecule has 2 rings (SSSR count). The van der Waals surface area contributed by atoms with Crippen LogP contribution in [-0.4, -0.2) is 30.8 Å². The van der Waals surface area contributed by atoms with Crippen LogP contribution in [0, 0.1) is 0 Å². The Bertz CT molecular complexity index is 477. The van der Waals surface area contributed by atoms with Gasteiger partial charge in [0.25, 0.3) is 0 Å². The topological polar surface area (TPSA) is 53.2 Å². The summed E-state index contributed by atoms with van der Waals surface area (Å²) < 4.78 is 26.1. The molecule has 96 valence electrons. The molecule has 0 atom stereocenters. The Kier molecular flexibility index (Phi) is 3.80. The first-order valence-corrected chi connectivity index (χ1v) is 7.74. The van der Waals surface area contributed by atoms with Gasteiger partial charge in [-0.15, -0.1) is 11.6 Å². The summed E-state index contributed by atoms with van der Waals surface area (Å²) in [6.45, 7) is 0. The van der Waals surface area contributed by atoms with Crippen molar-refractivity contribution in [2.24, 2.45) is 0 Å². The monoisotopic (exact) mass is 276 g/mol. The fourth-order valence-electron chi connectivity index (χ4n) is 2.28. The Labute approximate surface area is 107 Å². The molecule has 0 unspecified atom stereocenters. The van der Waals surface area contributed by atoms with Crippen molar-refractivity contribution in [2.75, 3.05) is 7.05 Å². The van der Waals surface area contributed by atoms with Crippen LogP contribution in [0.4, 0.5) is 0 Å². The Morgan fingerprint density at radius 1 is 1.47 bits per heavy atom. The molecule has 1 aliphatic rings. The van der Waals surface area contributed by atoms with E-state index in [1.807, 2.05) is 0 Å². The number of hydrogen-bond donors (Lipinski definition) is 1. The van der Waals surface area contributed by atoms with Gasteiger partial charge in [0.2, 0.25) is 10.0 Å². The first-order valence-electron chi connectivity index (χ1n) is 5.77. The molecule has 0 radical (unpaired) electrons. The summed E-state index contributed by atoms with van der Waals surface area (Å²) >= 11 is 5.66. The van der Waals surface area contributed by atoms with E-state index in [0.717, 1.165) is 31.4 Å². The summed E-state index contributed by atoms with van der Waals surface area (Å²) in [6.07, 6.45) is 5.67. The third kappa shape index (κ3) is 2.51. The molecule has 0 aromatic carbocycles. The average Bonchev–Trinajstić information content (AvgIpc) is 2.98. The van der Waals surface area contributed by atoms with E-state index in [1.54, 1.807) is 13.1 Å². The predicted molar refractivity (Wildman–Crippen MR) is 67.6 cm³/mol. The fraction of sp³-hybridized carbons (Fsp3) is 0.636. The van der Waals surface area contributed by atoms with Gasteiger partial charge in [-0.05, 0) is 18.9 Å². The molecular weight excluding hydrogens is 260 g/mol. The lowest BCUT2D eigenvalue weighted by molar-refractivity contribution is 0.373. The lowest BCUT2D eigenvalue weighted by Gasteiger charge is -2.22. The lowest BCUT2D eigenvalue weighted by atomic mass is 10.3. The summed E-state index contributed by atoms with van der Waals surface area (Å²) in [6, 6.07) is 1.75. The van der Waals surface area contributed by atoms with E-state index < -0.39 is 10.0 Å². The fourth-order valence-corrected chi connectivity index (χ4v) is 3.86. The number of rotatable bonds is 4. The van der Waals surface area contributed by atoms with Crippen LogP contribution in [0.5, 0.6) is 0 Å². The molecular formula is C11H17ClN2O2S. The van der Waals surface area contributed by atoms with Crippen LogP contribution >= 0.6 is 11.6 Å². The van der Waals surface area contributed by atoms with Crippen LogP contribution in [0.3, 0.4) is 0 Å². The summed E-state index contributed by atoms with van der Waals surface area (Å²) in [7, 11) is -1.70. The number of hydrogen-bond acceptors (Lipinski definition) is 2. The molecule has 6 heteroatoms. The van der Waals surface area contributed by atoms with Gasteiger partial charge in [-0.25, -0.2) is 8.42 Å². The minimum absolute atomic E-state index is 0.148. The summed E-state index contributed by atoms with van der Waals surface area (Å²) in [5, 5.41) is 0. The van der Waals surface area contributed by atoms with Crippen molar-refractivity contribution in [1.82, 2.24) is 9.29 Å². The Balaban J connectivity index is 2.22. The number of nitrogens with one attached hydrogen (secondary N) is 1. The van der Waals surface area contributed by atoms with Crippen molar-refractivity contribution in [3.8, 4) is 0 Å². The van der Waals surface area contributed by atoms with Gasteiger partial charge in [0, 0.05) is 25.0 Å². The van der Waals surface area contributed by atoms with E-state index in [9.17, 15) is 8.42 Å². The zero-order valence-electron chi connectivity index (χ0n) is 9.82. The number of nitrogens with zero attached hydrogens (tertiary/aromatic N) is 1. The molecule has 1 aromatic rings. The maximum atomic E-state index is 12.3. The van der Waals surface area contributed by atoms with Gasteiger partial charge in [0.15, 0.2) is 0 Å². The van der Waals surface area contributed by atoms with E-state index in [1.165, 1.54) is 10.5 Å². The van der Waals surface area contributed by atoms with E-state index >= 15 is 0 Å². The molecule has 1 aromatic heterocycles. The molecule has 0 aliphatic heterocycles. The van der Waals surface area contributed by atoms with Gasteiger partial charge < -0.3 is 4.98 Å². The summed E-state index contributed by atoms with van der Waals surface area (Å²) in [4.78, 5) is 3.18. The first-order chi connectivity index (χ1) is 8.05. The number of aromatic amines is 1.